The number of esters is 2. The number of rotatable bonds is 35. The molecule has 0 bridgehead atoms. The minimum absolute atomic E-state index is 0.217. The number of allylic oxidation sites excluding steroid dienone is 2. The van der Waals surface area contributed by atoms with Crippen molar-refractivity contribution in [1.29, 1.82) is 0 Å². The Hall–Kier alpha value is -1.56. The third-order valence-corrected chi connectivity index (χ3v) is 9.90. The minimum atomic E-state index is -1.59. The predicted octanol–water partition coefficient (Wildman–Crippen LogP) is 8.39. The summed E-state index contributed by atoms with van der Waals surface area (Å²) in [6.07, 6.45) is 26.4. The fraction of sp³-hybridized carbons (Fsp3) is 0.905. The van der Waals surface area contributed by atoms with E-state index in [1.54, 1.807) is 0 Å². The molecule has 306 valence electrons. The lowest BCUT2D eigenvalue weighted by Crippen LogP contribution is -2.59. The average molecular weight is 743 g/mol. The third kappa shape index (κ3) is 25.5. The highest BCUT2D eigenvalue weighted by Gasteiger charge is 2.44. The van der Waals surface area contributed by atoms with Gasteiger partial charge < -0.3 is 39.4 Å². The molecule has 10 heteroatoms. The summed E-state index contributed by atoms with van der Waals surface area (Å²) in [6.45, 7) is 3.41. The fourth-order valence-electron chi connectivity index (χ4n) is 6.48. The first-order chi connectivity index (χ1) is 25.3. The fourth-order valence-corrected chi connectivity index (χ4v) is 6.48. The second-order valence-electron chi connectivity index (χ2n) is 14.8. The maximum absolute atomic E-state index is 12.7. The van der Waals surface area contributed by atoms with E-state index in [1.807, 2.05) is 0 Å². The molecule has 0 aromatic carbocycles. The molecule has 0 radical (unpaired) electrons. The van der Waals surface area contributed by atoms with Gasteiger partial charge in [0.05, 0.1) is 13.2 Å². The van der Waals surface area contributed by atoms with E-state index in [9.17, 15) is 30.0 Å². The predicted molar refractivity (Wildman–Crippen MR) is 206 cm³/mol. The molecule has 6 atom stereocenters. The topological polar surface area (TPSA) is 152 Å². The van der Waals surface area contributed by atoms with Crippen LogP contribution >= 0.6 is 0 Å². The van der Waals surface area contributed by atoms with Crippen molar-refractivity contribution in [1.82, 2.24) is 0 Å². The monoisotopic (exact) mass is 743 g/mol. The van der Waals surface area contributed by atoms with E-state index in [1.165, 1.54) is 96.3 Å². The number of ether oxygens (including phenoxy) is 4. The number of carbonyl (C=O) groups is 2. The first kappa shape index (κ1) is 48.5. The molecular formula is C42H78O10. The zero-order valence-electron chi connectivity index (χ0n) is 33.1. The van der Waals surface area contributed by atoms with Crippen LogP contribution in [0.15, 0.2) is 12.2 Å². The van der Waals surface area contributed by atoms with Crippen molar-refractivity contribution in [2.24, 2.45) is 0 Å². The van der Waals surface area contributed by atoms with Gasteiger partial charge in [0, 0.05) is 12.8 Å². The van der Waals surface area contributed by atoms with Crippen LogP contribution in [0.2, 0.25) is 0 Å². The molecule has 2 unspecified atom stereocenters. The van der Waals surface area contributed by atoms with E-state index in [0.717, 1.165) is 57.8 Å². The molecule has 0 spiro atoms. The number of hydrogen-bond acceptors (Lipinski definition) is 10. The SMILES string of the molecule is CCCCCCC/C=C/CCCCCCCC(=O)OC[C@@H](CO[C@H]1O[C@@H](CO)[C@@H](O)C(O)C1O)OC(=O)CCCCCCCCCCCCCCC. The van der Waals surface area contributed by atoms with E-state index in [-0.39, 0.29) is 32.0 Å². The molecule has 4 N–H and O–H groups in total. The molecule has 0 saturated carbocycles. The smallest absolute Gasteiger partial charge is 0.306 e. The molecule has 0 aliphatic carbocycles. The molecule has 1 fully saturated rings. The van der Waals surface area contributed by atoms with Gasteiger partial charge in [-0.1, -0.05) is 148 Å². The normalized spacial score (nSPS) is 21.1. The Labute approximate surface area is 316 Å². The Balaban J connectivity index is 2.36. The van der Waals surface area contributed by atoms with Crippen LogP contribution in [0, 0.1) is 0 Å². The quantitative estimate of drug-likeness (QED) is 0.0283. The van der Waals surface area contributed by atoms with Crippen LogP contribution in [0.5, 0.6) is 0 Å². The third-order valence-electron chi connectivity index (χ3n) is 9.90. The summed E-state index contributed by atoms with van der Waals surface area (Å²) in [5, 5.41) is 40.0. The summed E-state index contributed by atoms with van der Waals surface area (Å²) in [7, 11) is 0. The van der Waals surface area contributed by atoms with Crippen LogP contribution in [0.1, 0.15) is 187 Å². The molecule has 1 aliphatic rings. The van der Waals surface area contributed by atoms with Crippen LogP contribution in [0.3, 0.4) is 0 Å². The second kappa shape index (κ2) is 34.0. The van der Waals surface area contributed by atoms with E-state index in [2.05, 4.69) is 26.0 Å². The maximum Gasteiger partial charge on any atom is 0.306 e. The molecular weight excluding hydrogens is 664 g/mol. The van der Waals surface area contributed by atoms with Gasteiger partial charge in [0.25, 0.3) is 0 Å². The van der Waals surface area contributed by atoms with Crippen molar-refractivity contribution in [3.05, 3.63) is 12.2 Å². The number of hydrogen-bond donors (Lipinski definition) is 4. The van der Waals surface area contributed by atoms with Crippen molar-refractivity contribution in [2.45, 2.75) is 224 Å². The highest BCUT2D eigenvalue weighted by molar-refractivity contribution is 5.70. The standard InChI is InChI=1S/C42H78O10/c1-3-5-7-9-11-13-15-17-19-20-22-24-26-28-30-37(44)49-33-35(34-50-42-41(48)40(47)39(46)36(32-43)52-42)51-38(45)31-29-27-25-23-21-18-16-14-12-10-8-6-4-2/h15,17,35-36,39-43,46-48H,3-14,16,18-34H2,1-2H3/b17-15+/t35-,36-,39+,40?,41?,42-/m0/s1. The van der Waals surface area contributed by atoms with Gasteiger partial charge in [0.1, 0.15) is 31.0 Å². The van der Waals surface area contributed by atoms with Crippen molar-refractivity contribution in [3.8, 4) is 0 Å². The number of carbonyl (C=O) groups excluding carboxylic acids is 2. The molecule has 10 nitrogen and oxygen atoms in total. The average Bonchev–Trinajstić information content (AvgIpc) is 3.14. The van der Waals surface area contributed by atoms with Gasteiger partial charge >= 0.3 is 11.9 Å². The van der Waals surface area contributed by atoms with Gasteiger partial charge in [-0.25, -0.2) is 0 Å². The van der Waals surface area contributed by atoms with Crippen molar-refractivity contribution >= 4 is 11.9 Å². The molecule has 52 heavy (non-hydrogen) atoms. The second-order valence-corrected chi connectivity index (χ2v) is 14.8. The van der Waals surface area contributed by atoms with Gasteiger partial charge in [-0.3, -0.25) is 9.59 Å². The highest BCUT2D eigenvalue weighted by atomic mass is 16.7. The van der Waals surface area contributed by atoms with Crippen LogP contribution < -0.4 is 0 Å². The van der Waals surface area contributed by atoms with Gasteiger partial charge in [0.2, 0.25) is 0 Å². The Morgan fingerprint density at radius 3 is 1.50 bits per heavy atom. The Morgan fingerprint density at radius 2 is 1.02 bits per heavy atom. The Morgan fingerprint density at radius 1 is 0.577 bits per heavy atom. The molecule has 0 amide bonds. The highest BCUT2D eigenvalue weighted by Crippen LogP contribution is 2.22. The van der Waals surface area contributed by atoms with E-state index >= 15 is 0 Å². The van der Waals surface area contributed by atoms with E-state index in [0.29, 0.717) is 6.42 Å². The molecule has 1 heterocycles. The lowest BCUT2D eigenvalue weighted by molar-refractivity contribution is -0.305. The summed E-state index contributed by atoms with van der Waals surface area (Å²) in [5.41, 5.74) is 0. The molecule has 0 aromatic rings. The van der Waals surface area contributed by atoms with Crippen LogP contribution in [0.25, 0.3) is 0 Å². The molecule has 0 aromatic heterocycles. The number of aliphatic hydroxyl groups is 4. The first-order valence-electron chi connectivity index (χ1n) is 21.3. The molecule has 1 aliphatic heterocycles. The lowest BCUT2D eigenvalue weighted by atomic mass is 9.99. The van der Waals surface area contributed by atoms with Crippen molar-refractivity contribution < 1.29 is 49.0 Å². The van der Waals surface area contributed by atoms with Crippen LogP contribution in [-0.2, 0) is 28.5 Å². The van der Waals surface area contributed by atoms with Gasteiger partial charge in [-0.2, -0.15) is 0 Å². The lowest BCUT2D eigenvalue weighted by Gasteiger charge is -2.39. The Kier molecular flexibility index (Phi) is 31.7. The summed E-state index contributed by atoms with van der Waals surface area (Å²) < 4.78 is 22.1. The molecule has 1 saturated heterocycles. The Bertz CT molecular complexity index is 866. The van der Waals surface area contributed by atoms with Crippen LogP contribution in [0.4, 0.5) is 0 Å². The van der Waals surface area contributed by atoms with Gasteiger partial charge in [-0.05, 0) is 38.5 Å². The summed E-state index contributed by atoms with van der Waals surface area (Å²) in [5.74, 6) is -0.810. The van der Waals surface area contributed by atoms with Crippen LogP contribution in [-0.4, -0.2) is 89.0 Å². The number of aliphatic hydroxyl groups excluding tert-OH is 4. The summed E-state index contributed by atoms with van der Waals surface area (Å²) in [6, 6.07) is 0. The minimum Gasteiger partial charge on any atom is -0.462 e. The van der Waals surface area contributed by atoms with Crippen molar-refractivity contribution in [3.63, 3.8) is 0 Å². The molecule has 1 rings (SSSR count). The first-order valence-corrected chi connectivity index (χ1v) is 21.3. The van der Waals surface area contributed by atoms with E-state index in [4.69, 9.17) is 18.9 Å². The maximum atomic E-state index is 12.7. The zero-order valence-corrected chi connectivity index (χ0v) is 33.1. The number of unbranched alkanes of at least 4 members (excludes halogenated alkanes) is 22. The van der Waals surface area contributed by atoms with Crippen molar-refractivity contribution in [2.75, 3.05) is 19.8 Å². The van der Waals surface area contributed by atoms with Gasteiger partial charge in [0.15, 0.2) is 12.4 Å². The zero-order chi connectivity index (χ0) is 38.1. The van der Waals surface area contributed by atoms with Gasteiger partial charge in [-0.15, -0.1) is 0 Å². The summed E-state index contributed by atoms with van der Waals surface area (Å²) >= 11 is 0. The largest absolute Gasteiger partial charge is 0.462 e. The summed E-state index contributed by atoms with van der Waals surface area (Å²) in [4.78, 5) is 25.2. The van der Waals surface area contributed by atoms with E-state index < -0.39 is 49.4 Å².